The van der Waals surface area contributed by atoms with Crippen LogP contribution in [-0.2, 0) is 14.3 Å². The van der Waals surface area contributed by atoms with Crippen LogP contribution in [0, 0.1) is 5.92 Å². The zero-order valence-electron chi connectivity index (χ0n) is 11.1. The molecule has 1 aromatic carbocycles. The lowest BCUT2D eigenvalue weighted by molar-refractivity contribution is -0.141. The van der Waals surface area contributed by atoms with Crippen molar-refractivity contribution in [3.63, 3.8) is 0 Å². The monoisotopic (exact) mass is 264 g/mol. The van der Waals surface area contributed by atoms with Crippen LogP contribution in [0.3, 0.4) is 0 Å². The van der Waals surface area contributed by atoms with Gasteiger partial charge in [-0.3, -0.25) is 4.79 Å². The van der Waals surface area contributed by atoms with Gasteiger partial charge in [0.1, 0.15) is 18.7 Å². The largest absolute Gasteiger partial charge is 0.389 e. The topological polar surface area (TPSA) is 55.8 Å². The Morgan fingerprint density at radius 3 is 2.68 bits per heavy atom. The number of ketones is 1. The highest BCUT2D eigenvalue weighted by Crippen LogP contribution is 2.33. The third kappa shape index (κ3) is 3.41. The molecule has 0 spiro atoms. The summed E-state index contributed by atoms with van der Waals surface area (Å²) < 4.78 is 10.5. The molecular formula is C15H20O4. The van der Waals surface area contributed by atoms with E-state index in [2.05, 4.69) is 0 Å². The minimum absolute atomic E-state index is 0.0948. The molecule has 4 nitrogen and oxygen atoms in total. The van der Waals surface area contributed by atoms with Gasteiger partial charge in [-0.1, -0.05) is 30.3 Å². The Morgan fingerprint density at radius 2 is 2.11 bits per heavy atom. The summed E-state index contributed by atoms with van der Waals surface area (Å²) in [4.78, 5) is 11.8. The van der Waals surface area contributed by atoms with Gasteiger partial charge in [-0.05, 0) is 18.4 Å². The molecule has 0 radical (unpaired) electrons. The summed E-state index contributed by atoms with van der Waals surface area (Å²) in [5, 5.41) is 10.5. The van der Waals surface area contributed by atoms with Crippen LogP contribution in [0.2, 0.25) is 0 Å². The van der Waals surface area contributed by atoms with Gasteiger partial charge in [-0.2, -0.15) is 0 Å². The van der Waals surface area contributed by atoms with Crippen LogP contribution < -0.4 is 0 Å². The van der Waals surface area contributed by atoms with Crippen molar-refractivity contribution in [1.29, 1.82) is 0 Å². The number of ether oxygens (including phenoxy) is 2. The molecule has 1 aliphatic carbocycles. The molecule has 2 rings (SSSR count). The first-order valence-electron chi connectivity index (χ1n) is 6.60. The maximum atomic E-state index is 11.8. The van der Waals surface area contributed by atoms with Crippen molar-refractivity contribution in [3.8, 4) is 0 Å². The van der Waals surface area contributed by atoms with Crippen LogP contribution in [0.4, 0.5) is 0 Å². The van der Waals surface area contributed by atoms with Gasteiger partial charge in [0, 0.05) is 19.4 Å². The zero-order chi connectivity index (χ0) is 13.7. The average molecular weight is 264 g/mol. The molecule has 0 saturated heterocycles. The lowest BCUT2D eigenvalue weighted by Gasteiger charge is -2.27. The standard InChI is InChI=1S/C15H20O4/c1-18-10-19-15(11-6-3-2-4-7-11)14(17)12-8-5-9-13(12)16/h2-4,6-7,12,14-15,17H,5,8-10H2,1H3/t12-,14+,15+/m0/s1. The van der Waals surface area contributed by atoms with E-state index in [1.54, 1.807) is 0 Å². The number of aliphatic hydroxyl groups excluding tert-OH is 1. The molecule has 1 N–H and O–H groups in total. The Morgan fingerprint density at radius 1 is 1.37 bits per heavy atom. The molecule has 1 fully saturated rings. The number of rotatable bonds is 6. The number of aliphatic hydroxyl groups is 1. The van der Waals surface area contributed by atoms with E-state index < -0.39 is 12.2 Å². The van der Waals surface area contributed by atoms with E-state index in [9.17, 15) is 9.90 Å². The van der Waals surface area contributed by atoms with Crippen molar-refractivity contribution in [2.75, 3.05) is 13.9 Å². The quantitative estimate of drug-likeness (QED) is 0.799. The van der Waals surface area contributed by atoms with E-state index in [1.807, 2.05) is 30.3 Å². The van der Waals surface area contributed by atoms with Gasteiger partial charge in [0.05, 0.1) is 6.10 Å². The molecule has 0 heterocycles. The fraction of sp³-hybridized carbons (Fsp3) is 0.533. The van der Waals surface area contributed by atoms with E-state index >= 15 is 0 Å². The van der Waals surface area contributed by atoms with Crippen LogP contribution in [0.5, 0.6) is 0 Å². The summed E-state index contributed by atoms with van der Waals surface area (Å²) in [5.74, 6) is -0.184. The fourth-order valence-corrected chi connectivity index (χ4v) is 2.59. The van der Waals surface area contributed by atoms with E-state index in [-0.39, 0.29) is 18.5 Å². The first-order chi connectivity index (χ1) is 9.24. The van der Waals surface area contributed by atoms with Crippen molar-refractivity contribution in [2.24, 2.45) is 5.92 Å². The van der Waals surface area contributed by atoms with E-state index in [1.165, 1.54) is 7.11 Å². The van der Waals surface area contributed by atoms with Crippen LogP contribution in [-0.4, -0.2) is 30.9 Å². The van der Waals surface area contributed by atoms with Crippen LogP contribution in [0.1, 0.15) is 30.9 Å². The smallest absolute Gasteiger partial charge is 0.147 e. The Kier molecular flexibility index (Phi) is 5.07. The predicted octanol–water partition coefficient (Wildman–Crippen LogP) is 2.08. The molecule has 0 aliphatic heterocycles. The highest BCUT2D eigenvalue weighted by atomic mass is 16.7. The van der Waals surface area contributed by atoms with Gasteiger partial charge in [0.2, 0.25) is 0 Å². The number of Topliss-reactive ketones (excluding diaryl/α,β-unsaturated/α-hetero) is 1. The minimum Gasteiger partial charge on any atom is -0.389 e. The second-order valence-corrected chi connectivity index (χ2v) is 4.86. The Balaban J connectivity index is 2.15. The zero-order valence-corrected chi connectivity index (χ0v) is 11.1. The van der Waals surface area contributed by atoms with Crippen molar-refractivity contribution < 1.29 is 19.4 Å². The first kappa shape index (κ1) is 14.2. The van der Waals surface area contributed by atoms with E-state index in [0.29, 0.717) is 6.42 Å². The van der Waals surface area contributed by atoms with Crippen LogP contribution in [0.15, 0.2) is 30.3 Å². The maximum absolute atomic E-state index is 11.8. The lowest BCUT2D eigenvalue weighted by Crippen LogP contribution is -2.32. The summed E-state index contributed by atoms with van der Waals surface area (Å²) in [6.45, 7) is 0.0948. The third-order valence-electron chi connectivity index (χ3n) is 3.57. The van der Waals surface area contributed by atoms with E-state index in [0.717, 1.165) is 18.4 Å². The molecule has 3 atom stereocenters. The van der Waals surface area contributed by atoms with Crippen molar-refractivity contribution in [3.05, 3.63) is 35.9 Å². The molecule has 4 heteroatoms. The molecular weight excluding hydrogens is 244 g/mol. The van der Waals surface area contributed by atoms with Gasteiger partial charge < -0.3 is 14.6 Å². The number of hydrogen-bond donors (Lipinski definition) is 1. The minimum atomic E-state index is -0.812. The number of benzene rings is 1. The highest BCUT2D eigenvalue weighted by molar-refractivity contribution is 5.83. The van der Waals surface area contributed by atoms with Gasteiger partial charge in [-0.25, -0.2) is 0 Å². The summed E-state index contributed by atoms with van der Waals surface area (Å²) in [7, 11) is 1.54. The van der Waals surface area contributed by atoms with Crippen LogP contribution >= 0.6 is 0 Å². The van der Waals surface area contributed by atoms with Gasteiger partial charge in [0.25, 0.3) is 0 Å². The van der Waals surface area contributed by atoms with Gasteiger partial charge >= 0.3 is 0 Å². The Bertz CT molecular complexity index is 404. The lowest BCUT2D eigenvalue weighted by atomic mass is 9.91. The summed E-state index contributed by atoms with van der Waals surface area (Å²) in [5.41, 5.74) is 0.867. The molecule has 1 aliphatic rings. The second-order valence-electron chi connectivity index (χ2n) is 4.86. The molecule has 0 aromatic heterocycles. The molecule has 0 amide bonds. The molecule has 0 unspecified atom stereocenters. The molecule has 0 bridgehead atoms. The van der Waals surface area contributed by atoms with E-state index in [4.69, 9.17) is 9.47 Å². The van der Waals surface area contributed by atoms with Crippen LogP contribution in [0.25, 0.3) is 0 Å². The third-order valence-corrected chi connectivity index (χ3v) is 3.57. The predicted molar refractivity (Wildman–Crippen MR) is 70.5 cm³/mol. The molecule has 1 aromatic rings. The molecule has 1 saturated carbocycles. The normalized spacial score (nSPS) is 22.4. The van der Waals surface area contributed by atoms with Gasteiger partial charge in [0.15, 0.2) is 0 Å². The highest BCUT2D eigenvalue weighted by Gasteiger charge is 2.36. The Labute approximate surface area is 113 Å². The summed E-state index contributed by atoms with van der Waals surface area (Å²) >= 11 is 0. The molecule has 104 valence electrons. The SMILES string of the molecule is COCO[C@H](c1ccccc1)[C@H](O)[C@H]1CCCC1=O. The maximum Gasteiger partial charge on any atom is 0.147 e. The first-order valence-corrected chi connectivity index (χ1v) is 6.60. The van der Waals surface area contributed by atoms with Crippen molar-refractivity contribution in [2.45, 2.75) is 31.5 Å². The number of hydrogen-bond acceptors (Lipinski definition) is 4. The number of carbonyl (C=O) groups is 1. The second kappa shape index (κ2) is 6.80. The number of methoxy groups -OCH3 is 1. The summed E-state index contributed by atoms with van der Waals surface area (Å²) in [6.07, 6.45) is 0.820. The Hall–Kier alpha value is -1.23. The van der Waals surface area contributed by atoms with Crippen molar-refractivity contribution in [1.82, 2.24) is 0 Å². The van der Waals surface area contributed by atoms with Gasteiger partial charge in [-0.15, -0.1) is 0 Å². The average Bonchev–Trinajstić information content (AvgIpc) is 2.86. The number of carbonyl (C=O) groups excluding carboxylic acids is 1. The van der Waals surface area contributed by atoms with Crippen molar-refractivity contribution >= 4 is 5.78 Å². The fourth-order valence-electron chi connectivity index (χ4n) is 2.59. The summed E-state index contributed by atoms with van der Waals surface area (Å²) in [6, 6.07) is 9.47. The molecule has 19 heavy (non-hydrogen) atoms.